The maximum absolute atomic E-state index is 4.61. The topological polar surface area (TPSA) is 57.2 Å². The van der Waals surface area contributed by atoms with E-state index < -0.39 is 0 Å². The van der Waals surface area contributed by atoms with Crippen LogP contribution in [0.25, 0.3) is 0 Å². The first-order valence-electron chi connectivity index (χ1n) is 7.47. The molecule has 0 unspecified atom stereocenters. The summed E-state index contributed by atoms with van der Waals surface area (Å²) in [4.78, 5) is 17.9. The van der Waals surface area contributed by atoms with E-state index in [1.807, 2.05) is 30.8 Å². The van der Waals surface area contributed by atoms with Gasteiger partial charge in [0.2, 0.25) is 17.8 Å². The molecule has 0 saturated carbocycles. The molecule has 1 saturated heterocycles. The third kappa shape index (κ3) is 4.36. The molecule has 1 aliphatic rings. The van der Waals surface area contributed by atoms with Gasteiger partial charge in [-0.1, -0.05) is 6.92 Å². The summed E-state index contributed by atoms with van der Waals surface area (Å²) < 4.78 is 0.236. The zero-order valence-corrected chi connectivity index (χ0v) is 14.5. The Bertz CT molecular complexity index is 477. The number of hydrogen-bond donors (Lipinski definition) is 1. The quantitative estimate of drug-likeness (QED) is 0.893. The molecule has 21 heavy (non-hydrogen) atoms. The van der Waals surface area contributed by atoms with Crippen molar-refractivity contribution in [3.05, 3.63) is 0 Å². The Morgan fingerprint density at radius 1 is 1.29 bits per heavy atom. The lowest BCUT2D eigenvalue weighted by Gasteiger charge is -2.37. The largest absolute Gasteiger partial charge is 0.354 e. The maximum Gasteiger partial charge on any atom is 0.232 e. The summed E-state index contributed by atoms with van der Waals surface area (Å²) >= 11 is 2.01. The predicted octanol–water partition coefficient (Wildman–Crippen LogP) is 2.09. The summed E-state index contributed by atoms with van der Waals surface area (Å²) in [5.74, 6) is 3.25. The minimum atomic E-state index is 0.236. The fourth-order valence-electron chi connectivity index (χ4n) is 2.20. The Hall–Kier alpha value is -1.24. The van der Waals surface area contributed by atoms with Crippen molar-refractivity contribution in [2.24, 2.45) is 0 Å². The van der Waals surface area contributed by atoms with Gasteiger partial charge in [-0.2, -0.15) is 26.7 Å². The van der Waals surface area contributed by atoms with Crippen molar-refractivity contribution in [2.75, 3.05) is 54.6 Å². The summed E-state index contributed by atoms with van der Waals surface area (Å²) in [6.07, 6.45) is 1.05. The summed E-state index contributed by atoms with van der Waals surface area (Å²) in [7, 11) is 3.91. The lowest BCUT2D eigenvalue weighted by Crippen LogP contribution is -2.44. The van der Waals surface area contributed by atoms with Crippen LogP contribution in [0.4, 0.5) is 17.8 Å². The summed E-state index contributed by atoms with van der Waals surface area (Å²) in [5, 5.41) is 3.27. The van der Waals surface area contributed by atoms with Gasteiger partial charge in [0.05, 0.1) is 0 Å². The van der Waals surface area contributed by atoms with E-state index in [-0.39, 0.29) is 4.75 Å². The summed E-state index contributed by atoms with van der Waals surface area (Å²) in [5.41, 5.74) is 0. The highest BCUT2D eigenvalue weighted by Crippen LogP contribution is 2.31. The first-order chi connectivity index (χ1) is 9.91. The zero-order valence-electron chi connectivity index (χ0n) is 13.7. The SMILES string of the molecule is CCCNc1nc(N(C)C)nc(N2CCSC(C)(C)C2)n1. The second-order valence-corrected chi connectivity index (χ2v) is 7.91. The number of nitrogens with one attached hydrogen (secondary N) is 1. The highest BCUT2D eigenvalue weighted by atomic mass is 32.2. The molecule has 1 aromatic rings. The van der Waals surface area contributed by atoms with Gasteiger partial charge in [0, 0.05) is 44.2 Å². The van der Waals surface area contributed by atoms with Crippen molar-refractivity contribution in [2.45, 2.75) is 31.9 Å². The molecule has 0 bridgehead atoms. The van der Waals surface area contributed by atoms with Gasteiger partial charge in [-0.25, -0.2) is 0 Å². The lowest BCUT2D eigenvalue weighted by molar-refractivity contribution is 0.634. The minimum absolute atomic E-state index is 0.236. The van der Waals surface area contributed by atoms with Crippen LogP contribution in [0.15, 0.2) is 0 Å². The van der Waals surface area contributed by atoms with Crippen LogP contribution in [0.3, 0.4) is 0 Å². The van der Waals surface area contributed by atoms with Crippen LogP contribution in [0, 0.1) is 0 Å². The number of anilines is 3. The highest BCUT2D eigenvalue weighted by Gasteiger charge is 2.29. The monoisotopic (exact) mass is 310 g/mol. The van der Waals surface area contributed by atoms with E-state index in [0.29, 0.717) is 11.9 Å². The van der Waals surface area contributed by atoms with Crippen molar-refractivity contribution >= 4 is 29.6 Å². The molecule has 1 aromatic heterocycles. The van der Waals surface area contributed by atoms with E-state index in [1.54, 1.807) is 0 Å². The summed E-state index contributed by atoms with van der Waals surface area (Å²) in [6.45, 7) is 9.49. The lowest BCUT2D eigenvalue weighted by atomic mass is 10.2. The molecule has 0 atom stereocenters. The van der Waals surface area contributed by atoms with Crippen molar-refractivity contribution in [3.8, 4) is 0 Å². The normalized spacial score (nSPS) is 17.7. The van der Waals surface area contributed by atoms with Crippen molar-refractivity contribution in [1.82, 2.24) is 15.0 Å². The highest BCUT2D eigenvalue weighted by molar-refractivity contribution is 8.00. The molecule has 118 valence electrons. The molecule has 1 aliphatic heterocycles. The molecule has 0 radical (unpaired) electrons. The Labute approximate surface area is 131 Å². The van der Waals surface area contributed by atoms with Crippen LogP contribution < -0.4 is 15.1 Å². The van der Waals surface area contributed by atoms with E-state index in [9.17, 15) is 0 Å². The molecule has 1 fully saturated rings. The molecular formula is C14H26N6S. The predicted molar refractivity (Wildman–Crippen MR) is 91.7 cm³/mol. The molecule has 0 spiro atoms. The second kappa shape index (κ2) is 6.68. The van der Waals surface area contributed by atoms with Crippen molar-refractivity contribution < 1.29 is 0 Å². The van der Waals surface area contributed by atoms with Crippen molar-refractivity contribution in [1.29, 1.82) is 0 Å². The second-order valence-electron chi connectivity index (χ2n) is 6.11. The summed E-state index contributed by atoms with van der Waals surface area (Å²) in [6, 6.07) is 0. The molecule has 0 amide bonds. The van der Waals surface area contributed by atoms with E-state index in [0.717, 1.165) is 37.8 Å². The number of aromatic nitrogens is 3. The Balaban J connectivity index is 2.26. The van der Waals surface area contributed by atoms with Gasteiger partial charge in [-0.15, -0.1) is 0 Å². The third-order valence-corrected chi connectivity index (χ3v) is 4.55. The van der Waals surface area contributed by atoms with Crippen molar-refractivity contribution in [3.63, 3.8) is 0 Å². The Morgan fingerprint density at radius 3 is 2.67 bits per heavy atom. The number of rotatable bonds is 5. The molecule has 2 heterocycles. The smallest absolute Gasteiger partial charge is 0.232 e. The molecular weight excluding hydrogens is 284 g/mol. The van der Waals surface area contributed by atoms with Gasteiger partial charge in [0.15, 0.2) is 0 Å². The number of thioether (sulfide) groups is 1. The fraction of sp³-hybridized carbons (Fsp3) is 0.786. The van der Waals surface area contributed by atoms with E-state index in [4.69, 9.17) is 0 Å². The maximum atomic E-state index is 4.61. The molecule has 2 rings (SSSR count). The minimum Gasteiger partial charge on any atom is -0.354 e. The van der Waals surface area contributed by atoms with E-state index >= 15 is 0 Å². The van der Waals surface area contributed by atoms with Crippen LogP contribution in [-0.4, -0.2) is 59.2 Å². The van der Waals surface area contributed by atoms with Gasteiger partial charge < -0.3 is 15.1 Å². The Morgan fingerprint density at radius 2 is 2.05 bits per heavy atom. The first kappa shape index (κ1) is 16.1. The van der Waals surface area contributed by atoms with Crippen LogP contribution in [0.1, 0.15) is 27.2 Å². The van der Waals surface area contributed by atoms with Crippen LogP contribution in [0.2, 0.25) is 0 Å². The molecule has 0 aliphatic carbocycles. The molecule has 1 N–H and O–H groups in total. The average molecular weight is 310 g/mol. The average Bonchev–Trinajstić information content (AvgIpc) is 2.43. The standard InChI is InChI=1S/C14H26N6S/c1-6-7-15-11-16-12(19(4)5)18-13(17-11)20-8-9-21-14(2,3)10-20/h6-10H2,1-5H3,(H,15,16,17,18). The fourth-order valence-corrected chi connectivity index (χ4v) is 3.31. The van der Waals surface area contributed by atoms with Gasteiger partial charge in [-0.05, 0) is 20.3 Å². The van der Waals surface area contributed by atoms with Gasteiger partial charge >= 0.3 is 0 Å². The van der Waals surface area contributed by atoms with Gasteiger partial charge in [-0.3, -0.25) is 0 Å². The molecule has 6 nitrogen and oxygen atoms in total. The van der Waals surface area contributed by atoms with E-state index in [1.165, 1.54) is 0 Å². The third-order valence-electron chi connectivity index (χ3n) is 3.25. The first-order valence-corrected chi connectivity index (χ1v) is 8.46. The number of hydrogen-bond acceptors (Lipinski definition) is 7. The molecule has 0 aromatic carbocycles. The van der Waals surface area contributed by atoms with Gasteiger partial charge in [0.25, 0.3) is 0 Å². The van der Waals surface area contributed by atoms with Crippen LogP contribution >= 0.6 is 11.8 Å². The van der Waals surface area contributed by atoms with E-state index in [2.05, 4.69) is 45.9 Å². The van der Waals surface area contributed by atoms with Crippen LogP contribution in [-0.2, 0) is 0 Å². The molecule has 7 heteroatoms. The van der Waals surface area contributed by atoms with Crippen LogP contribution in [0.5, 0.6) is 0 Å². The van der Waals surface area contributed by atoms with Gasteiger partial charge in [0.1, 0.15) is 0 Å². The Kier molecular flexibility index (Phi) is 5.13. The number of nitrogens with zero attached hydrogens (tertiary/aromatic N) is 5. The zero-order chi connectivity index (χ0) is 15.5.